The number of benzene rings is 1. The maximum Gasteiger partial charge on any atom is 0.573 e. The minimum absolute atomic E-state index is 0.0862. The Morgan fingerprint density at radius 2 is 2.08 bits per heavy atom. The minimum Gasteiger partial charge on any atom is -0.496 e. The highest BCUT2D eigenvalue weighted by atomic mass is 19.4. The molecule has 0 bridgehead atoms. The second kappa shape index (κ2) is 7.61. The van der Waals surface area contributed by atoms with Crippen LogP contribution in [0, 0.1) is 11.8 Å². The van der Waals surface area contributed by atoms with E-state index in [4.69, 9.17) is 9.47 Å². The van der Waals surface area contributed by atoms with Crippen molar-refractivity contribution in [2.45, 2.75) is 19.4 Å². The predicted octanol–water partition coefficient (Wildman–Crippen LogP) is 2.77. The first kappa shape index (κ1) is 18.6. The van der Waals surface area contributed by atoms with Crippen LogP contribution in [0.3, 0.4) is 0 Å². The van der Waals surface area contributed by atoms with Gasteiger partial charge in [0.1, 0.15) is 18.1 Å². The quantitative estimate of drug-likeness (QED) is 0.878. The van der Waals surface area contributed by atoms with Gasteiger partial charge in [-0.2, -0.15) is 0 Å². The highest BCUT2D eigenvalue weighted by Crippen LogP contribution is 2.30. The molecule has 26 heavy (non-hydrogen) atoms. The predicted molar refractivity (Wildman–Crippen MR) is 85.9 cm³/mol. The van der Waals surface area contributed by atoms with Crippen LogP contribution in [0.2, 0.25) is 0 Å². The third kappa shape index (κ3) is 4.51. The first-order valence-electron chi connectivity index (χ1n) is 8.41. The summed E-state index contributed by atoms with van der Waals surface area (Å²) in [6, 6.07) is 3.67. The van der Waals surface area contributed by atoms with E-state index in [0.717, 1.165) is 31.6 Å². The summed E-state index contributed by atoms with van der Waals surface area (Å²) in [7, 11) is 1.33. The fraction of sp³-hybridized carbons (Fsp3) is 0.588. The monoisotopic (exact) mass is 374 g/mol. The molecule has 3 rings (SSSR count). The zero-order valence-electron chi connectivity index (χ0n) is 14.3. The minimum atomic E-state index is -4.78. The number of hydrogen-bond donors (Lipinski definition) is 1. The number of fused-ring (bicyclic) bond motifs is 1. The van der Waals surface area contributed by atoms with Gasteiger partial charge in [0.25, 0.3) is 0 Å². The van der Waals surface area contributed by atoms with E-state index in [1.807, 2.05) is 0 Å². The Morgan fingerprint density at radius 3 is 2.81 bits per heavy atom. The van der Waals surface area contributed by atoms with Crippen LogP contribution in [0.25, 0.3) is 0 Å². The molecule has 2 saturated heterocycles. The molecule has 2 atom stereocenters. The third-order valence-corrected chi connectivity index (χ3v) is 4.81. The summed E-state index contributed by atoms with van der Waals surface area (Å²) in [6.07, 6.45) is -4.26. The molecule has 2 aliphatic heterocycles. The van der Waals surface area contributed by atoms with Gasteiger partial charge >= 0.3 is 12.5 Å². The van der Waals surface area contributed by atoms with Gasteiger partial charge in [0.05, 0.1) is 7.11 Å². The molecule has 0 radical (unpaired) electrons. The molecule has 2 heterocycles. The van der Waals surface area contributed by atoms with Gasteiger partial charge in [-0.3, -0.25) is 0 Å². The fourth-order valence-electron chi connectivity index (χ4n) is 3.47. The number of amides is 1. The normalized spacial score (nSPS) is 22.7. The number of ether oxygens (including phenoxy) is 3. The molecule has 0 saturated carbocycles. The molecular weight excluding hydrogens is 353 g/mol. The number of methoxy groups -OCH3 is 1. The van der Waals surface area contributed by atoms with Gasteiger partial charge in [-0.25, -0.2) is 4.79 Å². The zero-order chi connectivity index (χ0) is 18.7. The van der Waals surface area contributed by atoms with Crippen LogP contribution in [0.15, 0.2) is 18.2 Å². The van der Waals surface area contributed by atoms with Crippen molar-refractivity contribution in [2.24, 2.45) is 11.8 Å². The van der Waals surface area contributed by atoms with E-state index < -0.39 is 12.5 Å². The molecule has 1 amide bonds. The van der Waals surface area contributed by atoms with E-state index in [-0.39, 0.29) is 18.1 Å². The number of nitrogens with zero attached hydrogens (tertiary/aromatic N) is 1. The van der Waals surface area contributed by atoms with Crippen molar-refractivity contribution in [3.05, 3.63) is 23.8 Å². The number of carbonyl (C=O) groups is 1. The van der Waals surface area contributed by atoms with Crippen molar-refractivity contribution in [1.29, 1.82) is 0 Å². The van der Waals surface area contributed by atoms with Gasteiger partial charge < -0.3 is 24.4 Å². The van der Waals surface area contributed by atoms with Crippen molar-refractivity contribution < 1.29 is 32.2 Å². The van der Waals surface area contributed by atoms with Crippen molar-refractivity contribution >= 4 is 6.09 Å². The lowest BCUT2D eigenvalue weighted by molar-refractivity contribution is -0.274. The topological polar surface area (TPSA) is 60.0 Å². The highest BCUT2D eigenvalue weighted by molar-refractivity contribution is 5.68. The smallest absolute Gasteiger partial charge is 0.496 e. The Labute approximate surface area is 149 Å². The summed E-state index contributed by atoms with van der Waals surface area (Å²) < 4.78 is 51.1. The molecule has 1 N–H and O–H groups in total. The molecule has 0 aromatic heterocycles. The van der Waals surface area contributed by atoms with Gasteiger partial charge in [0.15, 0.2) is 0 Å². The Kier molecular flexibility index (Phi) is 5.45. The molecule has 0 unspecified atom stereocenters. The second-order valence-electron chi connectivity index (χ2n) is 6.49. The van der Waals surface area contributed by atoms with Gasteiger partial charge in [0, 0.05) is 24.7 Å². The number of carbonyl (C=O) groups excluding carboxylic acids is 1. The van der Waals surface area contributed by atoms with E-state index in [2.05, 4.69) is 10.1 Å². The summed E-state index contributed by atoms with van der Waals surface area (Å²) in [5, 5.41) is 3.33. The van der Waals surface area contributed by atoms with Crippen molar-refractivity contribution in [3.8, 4) is 11.5 Å². The van der Waals surface area contributed by atoms with E-state index in [1.54, 1.807) is 4.90 Å². The molecule has 9 heteroatoms. The van der Waals surface area contributed by atoms with Crippen LogP contribution in [-0.4, -0.2) is 50.6 Å². The fourth-order valence-corrected chi connectivity index (χ4v) is 3.47. The lowest BCUT2D eigenvalue weighted by Gasteiger charge is -2.33. The zero-order valence-corrected chi connectivity index (χ0v) is 14.3. The maximum absolute atomic E-state index is 12.3. The molecule has 6 nitrogen and oxygen atoms in total. The first-order valence-corrected chi connectivity index (χ1v) is 8.41. The van der Waals surface area contributed by atoms with E-state index >= 15 is 0 Å². The van der Waals surface area contributed by atoms with Crippen LogP contribution < -0.4 is 14.8 Å². The lowest BCUT2D eigenvalue weighted by atomic mass is 9.89. The van der Waals surface area contributed by atoms with Gasteiger partial charge in [-0.05, 0) is 43.5 Å². The van der Waals surface area contributed by atoms with Crippen LogP contribution in [0.5, 0.6) is 11.5 Å². The number of hydrogen-bond acceptors (Lipinski definition) is 5. The number of alkyl halides is 3. The largest absolute Gasteiger partial charge is 0.573 e. The summed E-state index contributed by atoms with van der Waals surface area (Å²) >= 11 is 0. The average molecular weight is 374 g/mol. The van der Waals surface area contributed by atoms with E-state index in [9.17, 15) is 18.0 Å². The van der Waals surface area contributed by atoms with Crippen LogP contribution in [0.4, 0.5) is 18.0 Å². The molecule has 2 aliphatic rings. The molecule has 0 spiro atoms. The average Bonchev–Trinajstić information content (AvgIpc) is 3.06. The van der Waals surface area contributed by atoms with Crippen LogP contribution in [-0.2, 0) is 11.3 Å². The Bertz CT molecular complexity index is 653. The Balaban J connectivity index is 1.57. The Hall–Kier alpha value is -2.16. The van der Waals surface area contributed by atoms with Gasteiger partial charge in [-0.15, -0.1) is 13.2 Å². The molecule has 144 valence electrons. The maximum atomic E-state index is 12.3. The van der Waals surface area contributed by atoms with Crippen LogP contribution in [0.1, 0.15) is 12.0 Å². The summed E-state index contributed by atoms with van der Waals surface area (Å²) in [6.45, 7) is 3.13. The summed E-state index contributed by atoms with van der Waals surface area (Å²) in [5.41, 5.74) is 0.466. The lowest BCUT2D eigenvalue weighted by Crippen LogP contribution is -2.43. The number of rotatable bonds is 4. The number of piperidine rings is 1. The first-order chi connectivity index (χ1) is 12.4. The standard InChI is InChI=1S/C17H21F3N2O4/c1-24-15-6-14(26-17(18,19)20)3-2-12(15)10-25-16(23)22-5-4-11-7-21-8-13(11)9-22/h2-3,6,11,13,21H,4-5,7-10H2,1H3/t11-,13+/m1/s1. The van der Waals surface area contributed by atoms with E-state index in [1.165, 1.54) is 13.2 Å². The van der Waals surface area contributed by atoms with Crippen molar-refractivity contribution in [1.82, 2.24) is 10.2 Å². The molecule has 0 aliphatic carbocycles. The van der Waals surface area contributed by atoms with Crippen molar-refractivity contribution in [2.75, 3.05) is 33.3 Å². The van der Waals surface area contributed by atoms with Gasteiger partial charge in [-0.1, -0.05) is 0 Å². The molecule has 1 aromatic carbocycles. The van der Waals surface area contributed by atoms with Gasteiger partial charge in [0.2, 0.25) is 0 Å². The van der Waals surface area contributed by atoms with E-state index in [0.29, 0.717) is 30.5 Å². The van der Waals surface area contributed by atoms with Crippen LogP contribution >= 0.6 is 0 Å². The summed E-state index contributed by atoms with van der Waals surface area (Å²) in [4.78, 5) is 14.0. The number of likely N-dealkylation sites (tertiary alicyclic amines) is 1. The molecule has 1 aromatic rings. The van der Waals surface area contributed by atoms with Crippen molar-refractivity contribution in [3.63, 3.8) is 0 Å². The number of halogens is 3. The number of nitrogens with one attached hydrogen (secondary N) is 1. The summed E-state index contributed by atoms with van der Waals surface area (Å²) in [5.74, 6) is 0.837. The SMILES string of the molecule is COc1cc(OC(F)(F)F)ccc1COC(=O)N1CC[C@@H]2CNC[C@H]2C1. The highest BCUT2D eigenvalue weighted by Gasteiger charge is 2.35. The third-order valence-electron chi connectivity index (χ3n) is 4.81. The molecular formula is C17H21F3N2O4. The second-order valence-corrected chi connectivity index (χ2v) is 6.49. The molecule has 2 fully saturated rings. The Morgan fingerprint density at radius 1 is 1.31 bits per heavy atom.